The number of hydrogen-bond acceptors (Lipinski definition) is 7. The zero-order chi connectivity index (χ0) is 38.1. The average molecular weight is 757 g/mol. The molecule has 5 aromatic rings. The summed E-state index contributed by atoms with van der Waals surface area (Å²) in [6.45, 7) is -2.13. The highest BCUT2D eigenvalue weighted by atomic mass is 32.2. The van der Waals surface area contributed by atoms with Crippen molar-refractivity contribution in [2.75, 3.05) is 7.11 Å². The van der Waals surface area contributed by atoms with Gasteiger partial charge in [0.2, 0.25) is 0 Å². The summed E-state index contributed by atoms with van der Waals surface area (Å²) < 4.78 is 78.8. The molecule has 6 rings (SSSR count). The SMILES string of the molecule is COC(=O)/C=C/C1=C(c2cccc([N+](=O)[O-])c2)N(S(=O)(=O)c2ccc(C)cc2)C(=O)C1=P(c1ccc(F)cc1)(c1ccc(F)cc1)c1ccc(F)cc1. The number of amides is 1. The van der Waals surface area contributed by atoms with Gasteiger partial charge in [-0.05, 0) is 84.3 Å². The minimum Gasteiger partial charge on any atom is -0.466 e. The number of sulfonamides is 1. The molecule has 0 N–H and O–H groups in total. The predicted molar refractivity (Wildman–Crippen MR) is 196 cm³/mol. The number of esters is 1. The number of rotatable bonds is 9. The van der Waals surface area contributed by atoms with E-state index < -0.39 is 56.8 Å². The summed E-state index contributed by atoms with van der Waals surface area (Å²) in [6.07, 6.45) is 2.12. The molecule has 0 fully saturated rings. The number of carbonyl (C=O) groups is 2. The number of aryl methyl sites for hydroxylation is 1. The van der Waals surface area contributed by atoms with Crippen LogP contribution in [0.5, 0.6) is 0 Å². The Labute approximate surface area is 302 Å². The smallest absolute Gasteiger partial charge is 0.330 e. The Hall–Kier alpha value is -6.04. The number of nitro benzene ring substituents is 1. The highest BCUT2D eigenvalue weighted by Crippen LogP contribution is 2.52. The van der Waals surface area contributed by atoms with Gasteiger partial charge in [-0.25, -0.2) is 26.4 Å². The topological polar surface area (TPSA) is 124 Å². The van der Waals surface area contributed by atoms with E-state index in [2.05, 4.69) is 0 Å². The third-order valence-corrected chi connectivity index (χ3v) is 14.6. The van der Waals surface area contributed by atoms with Crippen LogP contribution in [-0.2, 0) is 24.3 Å². The van der Waals surface area contributed by atoms with Gasteiger partial charge in [-0.2, -0.15) is 4.31 Å². The first-order chi connectivity index (χ1) is 25.3. The first-order valence-electron chi connectivity index (χ1n) is 15.8. The number of ether oxygens (including phenoxy) is 1. The van der Waals surface area contributed by atoms with Crippen LogP contribution in [-0.4, -0.2) is 41.9 Å². The molecular weight excluding hydrogens is 728 g/mol. The van der Waals surface area contributed by atoms with Gasteiger partial charge in [0.1, 0.15) is 17.5 Å². The van der Waals surface area contributed by atoms with Crippen LogP contribution in [0, 0.1) is 34.5 Å². The minimum atomic E-state index is -4.85. The van der Waals surface area contributed by atoms with Gasteiger partial charge in [-0.3, -0.25) is 14.9 Å². The first-order valence-corrected chi connectivity index (χ1v) is 19.0. The second kappa shape index (κ2) is 14.5. The normalized spacial score (nSPS) is 13.6. The Morgan fingerprint density at radius 2 is 1.28 bits per heavy atom. The molecule has 9 nitrogen and oxygen atoms in total. The molecule has 0 saturated carbocycles. The number of halogens is 3. The van der Waals surface area contributed by atoms with Gasteiger partial charge in [0, 0.05) is 29.3 Å². The summed E-state index contributed by atoms with van der Waals surface area (Å²) in [6, 6.07) is 25.7. The standard InChI is InChI=1S/C39H28F3N2O7PS/c1-25-6-20-34(21-7-25)53(49,50)43-37(26-4-3-5-30(24-26)44(47)48)35(22-23-36(45)51-2)38(39(43)46)52(31-14-8-27(40)9-15-31,32-16-10-28(41)11-17-32)33-18-12-29(42)13-19-33/h3-24H,1-2H3/b23-22+. The highest BCUT2D eigenvalue weighted by Gasteiger charge is 2.48. The molecule has 0 radical (unpaired) electrons. The van der Waals surface area contributed by atoms with Crippen molar-refractivity contribution in [3.8, 4) is 0 Å². The van der Waals surface area contributed by atoms with Crippen LogP contribution in [0.15, 0.2) is 144 Å². The van der Waals surface area contributed by atoms with Gasteiger partial charge in [0.05, 0.1) is 27.9 Å². The van der Waals surface area contributed by atoms with Crippen molar-refractivity contribution < 1.29 is 40.8 Å². The number of allylic oxidation sites excluding steroid dienone is 1. The van der Waals surface area contributed by atoms with Gasteiger partial charge < -0.3 is 4.74 Å². The van der Waals surface area contributed by atoms with E-state index in [1.807, 2.05) is 0 Å². The maximum Gasteiger partial charge on any atom is 0.330 e. The summed E-state index contributed by atoms with van der Waals surface area (Å²) in [5.74, 6) is -3.94. The molecule has 268 valence electrons. The fourth-order valence-corrected chi connectivity index (χ4v) is 12.0. The second-order valence-corrected chi connectivity index (χ2v) is 16.9. The van der Waals surface area contributed by atoms with E-state index >= 15 is 4.79 Å². The van der Waals surface area contributed by atoms with E-state index in [0.29, 0.717) is 9.87 Å². The molecule has 0 aromatic heterocycles. The number of carbonyl (C=O) groups excluding carboxylic acids is 2. The molecule has 53 heavy (non-hydrogen) atoms. The van der Waals surface area contributed by atoms with E-state index in [1.165, 1.54) is 84.9 Å². The van der Waals surface area contributed by atoms with Crippen LogP contribution in [0.25, 0.3) is 5.70 Å². The molecule has 1 amide bonds. The maximum absolute atomic E-state index is 15.5. The van der Waals surface area contributed by atoms with Crippen LogP contribution in [0.2, 0.25) is 0 Å². The number of methoxy groups -OCH3 is 1. The van der Waals surface area contributed by atoms with E-state index in [9.17, 15) is 36.5 Å². The van der Waals surface area contributed by atoms with Crippen LogP contribution >= 0.6 is 6.89 Å². The lowest BCUT2D eigenvalue weighted by Gasteiger charge is -2.31. The van der Waals surface area contributed by atoms with Crippen molar-refractivity contribution in [3.05, 3.63) is 178 Å². The predicted octanol–water partition coefficient (Wildman–Crippen LogP) is 6.16. The van der Waals surface area contributed by atoms with E-state index in [-0.39, 0.29) is 42.9 Å². The molecule has 1 aliphatic rings. The van der Waals surface area contributed by atoms with Crippen LogP contribution in [0.3, 0.4) is 0 Å². The van der Waals surface area contributed by atoms with Crippen LogP contribution in [0.4, 0.5) is 18.9 Å². The van der Waals surface area contributed by atoms with E-state index in [0.717, 1.165) is 55.7 Å². The number of benzene rings is 5. The third kappa shape index (κ3) is 6.72. The number of non-ortho nitro benzene ring substituents is 1. The minimum absolute atomic E-state index is 0.0850. The molecule has 1 aliphatic heterocycles. The second-order valence-electron chi connectivity index (χ2n) is 11.8. The fourth-order valence-electron chi connectivity index (χ4n) is 6.15. The van der Waals surface area contributed by atoms with Gasteiger partial charge in [-0.15, -0.1) is 0 Å². The molecule has 0 saturated heterocycles. The Balaban J connectivity index is 1.93. The highest BCUT2D eigenvalue weighted by molar-refractivity contribution is 7.97. The van der Waals surface area contributed by atoms with Gasteiger partial charge >= 0.3 is 5.97 Å². The first kappa shape index (κ1) is 36.7. The molecule has 5 aromatic carbocycles. The lowest BCUT2D eigenvalue weighted by Crippen LogP contribution is -2.39. The van der Waals surface area contributed by atoms with Crippen LogP contribution < -0.4 is 15.9 Å². The lowest BCUT2D eigenvalue weighted by atomic mass is 10.1. The van der Waals surface area contributed by atoms with Gasteiger partial charge in [0.15, 0.2) is 0 Å². The average Bonchev–Trinajstić information content (AvgIpc) is 3.45. The van der Waals surface area contributed by atoms with Crippen molar-refractivity contribution >= 4 is 61.4 Å². The van der Waals surface area contributed by atoms with Crippen molar-refractivity contribution in [3.63, 3.8) is 0 Å². The molecule has 0 atom stereocenters. The summed E-state index contributed by atoms with van der Waals surface area (Å²) >= 11 is 0. The van der Waals surface area contributed by atoms with Crippen molar-refractivity contribution in [1.82, 2.24) is 4.31 Å². The summed E-state index contributed by atoms with van der Waals surface area (Å²) in [4.78, 5) is 39.2. The summed E-state index contributed by atoms with van der Waals surface area (Å²) in [7, 11) is -3.74. The van der Waals surface area contributed by atoms with Crippen molar-refractivity contribution in [1.29, 1.82) is 0 Å². The number of hydrogen-bond donors (Lipinski definition) is 0. The molecule has 0 aliphatic carbocycles. The Morgan fingerprint density at radius 3 is 1.74 bits per heavy atom. The van der Waals surface area contributed by atoms with Crippen molar-refractivity contribution in [2.24, 2.45) is 0 Å². The Kier molecular flexibility index (Phi) is 10.1. The monoisotopic (exact) mass is 756 g/mol. The molecule has 0 unspecified atom stereocenters. The van der Waals surface area contributed by atoms with Gasteiger partial charge in [0.25, 0.3) is 21.6 Å². The maximum atomic E-state index is 15.5. The van der Waals surface area contributed by atoms with E-state index in [1.54, 1.807) is 6.92 Å². The largest absolute Gasteiger partial charge is 0.466 e. The molecular formula is C39H28F3N2O7PS. The number of nitrogens with zero attached hydrogens (tertiary/aromatic N) is 2. The number of nitro groups is 1. The third-order valence-electron chi connectivity index (χ3n) is 8.55. The fraction of sp³-hybridized carbons (Fsp3) is 0.0513. The van der Waals surface area contributed by atoms with Gasteiger partial charge in [-0.1, -0.05) is 66.2 Å². The lowest BCUT2D eigenvalue weighted by molar-refractivity contribution is -0.384. The zero-order valence-electron chi connectivity index (χ0n) is 27.9. The molecule has 1 heterocycles. The summed E-state index contributed by atoms with van der Waals surface area (Å²) in [5.41, 5.74) is -0.309. The Morgan fingerprint density at radius 1 is 0.792 bits per heavy atom. The summed E-state index contributed by atoms with van der Waals surface area (Å²) in [5, 5.41) is 12.6. The van der Waals surface area contributed by atoms with E-state index in [4.69, 9.17) is 4.74 Å². The van der Waals surface area contributed by atoms with Crippen molar-refractivity contribution in [2.45, 2.75) is 11.8 Å². The quantitative estimate of drug-likeness (QED) is 0.0581. The molecule has 0 spiro atoms. The molecule has 0 bridgehead atoms. The zero-order valence-corrected chi connectivity index (χ0v) is 29.7. The molecule has 14 heteroatoms. The Bertz CT molecular complexity index is 2380. The van der Waals surface area contributed by atoms with Crippen LogP contribution in [0.1, 0.15) is 11.1 Å².